The lowest BCUT2D eigenvalue weighted by molar-refractivity contribution is -0.301. The average molecular weight is 371 g/mol. The number of hydrazone groups is 1. The van der Waals surface area contributed by atoms with Crippen LogP contribution in [0.3, 0.4) is 0 Å². The first-order chi connectivity index (χ1) is 12.4. The molecule has 0 radical (unpaired) electrons. The molecule has 0 fully saturated rings. The van der Waals surface area contributed by atoms with E-state index < -0.39 is 5.97 Å². The molecule has 0 aliphatic rings. The van der Waals surface area contributed by atoms with Gasteiger partial charge >= 0.3 is 0 Å². The largest absolute Gasteiger partial charge is 0.549 e. The van der Waals surface area contributed by atoms with E-state index in [2.05, 4.69) is 30.4 Å². The number of nitrogens with one attached hydrogen (secondary N) is 1. The van der Waals surface area contributed by atoms with Crippen LogP contribution in [0.4, 0.5) is 5.69 Å². The van der Waals surface area contributed by atoms with Crippen LogP contribution in [0.15, 0.2) is 41.5 Å². The third-order valence-electron chi connectivity index (χ3n) is 3.75. The highest BCUT2D eigenvalue weighted by Crippen LogP contribution is 2.25. The summed E-state index contributed by atoms with van der Waals surface area (Å²) in [5.41, 5.74) is 9.11. The lowest BCUT2D eigenvalue weighted by atomic mass is 10.1. The van der Waals surface area contributed by atoms with Gasteiger partial charge in [0.15, 0.2) is 0 Å². The van der Waals surface area contributed by atoms with Crippen molar-refractivity contribution in [2.75, 3.05) is 18.3 Å². The van der Waals surface area contributed by atoms with E-state index in [9.17, 15) is 9.90 Å². The Labute approximate surface area is 158 Å². The first-order valence-electron chi connectivity index (χ1n) is 8.22. The molecule has 1 N–H and O–H groups in total. The molecule has 0 saturated heterocycles. The number of hydrogen-bond donors (Lipinski definition) is 1. The number of aryl methyl sites for hydroxylation is 2. The molecule has 26 heavy (non-hydrogen) atoms. The van der Waals surface area contributed by atoms with E-state index in [4.69, 9.17) is 4.74 Å². The Hall–Kier alpha value is -2.47. The minimum atomic E-state index is -1.07. The number of ether oxygens (including phenoxy) is 1. The zero-order chi connectivity index (χ0) is 19.1. The first-order valence-corrected chi connectivity index (χ1v) is 9.38. The zero-order valence-electron chi connectivity index (χ0n) is 15.5. The summed E-state index contributed by atoms with van der Waals surface area (Å²) in [6.45, 7) is 6.03. The van der Waals surface area contributed by atoms with Gasteiger partial charge in [0.25, 0.3) is 0 Å². The van der Waals surface area contributed by atoms with Gasteiger partial charge in [-0.1, -0.05) is 6.07 Å². The lowest BCUT2D eigenvalue weighted by Crippen LogP contribution is -2.24. The fraction of sp³-hybridized carbons (Fsp3) is 0.300. The Morgan fingerprint density at radius 1 is 1.19 bits per heavy atom. The number of hydrogen-bond acceptors (Lipinski definition) is 6. The van der Waals surface area contributed by atoms with E-state index in [1.54, 1.807) is 7.11 Å². The monoisotopic (exact) mass is 371 g/mol. The van der Waals surface area contributed by atoms with Gasteiger partial charge in [0.2, 0.25) is 0 Å². The van der Waals surface area contributed by atoms with Crippen molar-refractivity contribution >= 4 is 29.1 Å². The van der Waals surface area contributed by atoms with Crippen molar-refractivity contribution in [3.05, 3.63) is 58.7 Å². The van der Waals surface area contributed by atoms with E-state index in [-0.39, 0.29) is 5.75 Å². The highest BCUT2D eigenvalue weighted by molar-refractivity contribution is 7.99. The van der Waals surface area contributed by atoms with Gasteiger partial charge < -0.3 is 14.6 Å². The number of anilines is 1. The fourth-order valence-corrected chi connectivity index (χ4v) is 3.33. The number of methoxy groups -OCH3 is 1. The summed E-state index contributed by atoms with van der Waals surface area (Å²) in [5, 5.41) is 15.1. The summed E-state index contributed by atoms with van der Waals surface area (Å²) < 4.78 is 5.36. The number of thioether (sulfide) groups is 1. The Morgan fingerprint density at radius 2 is 1.88 bits per heavy atom. The quantitative estimate of drug-likeness (QED) is 0.570. The van der Waals surface area contributed by atoms with Gasteiger partial charge in [-0.05, 0) is 67.8 Å². The number of nitrogens with zero attached hydrogens (tertiary/aromatic N) is 1. The second-order valence-corrected chi connectivity index (χ2v) is 7.06. The van der Waals surface area contributed by atoms with Gasteiger partial charge in [-0.25, -0.2) is 0 Å². The number of benzene rings is 2. The zero-order valence-corrected chi connectivity index (χ0v) is 16.3. The molecule has 2 rings (SSSR count). The molecule has 0 bridgehead atoms. The maximum atomic E-state index is 10.6. The second-order valence-electron chi connectivity index (χ2n) is 6.08. The highest BCUT2D eigenvalue weighted by Gasteiger charge is 2.07. The van der Waals surface area contributed by atoms with Crippen LogP contribution in [0, 0.1) is 13.8 Å². The average Bonchev–Trinajstić information content (AvgIpc) is 2.58. The molecule has 0 heterocycles. The van der Waals surface area contributed by atoms with E-state index >= 15 is 0 Å². The summed E-state index contributed by atoms with van der Waals surface area (Å²) in [5.74, 6) is 0.146. The van der Waals surface area contributed by atoms with Crippen LogP contribution in [0.5, 0.6) is 5.75 Å². The first kappa shape index (κ1) is 19.8. The fourth-order valence-electron chi connectivity index (χ4n) is 2.61. The Morgan fingerprint density at radius 3 is 2.50 bits per heavy atom. The van der Waals surface area contributed by atoms with Crippen LogP contribution >= 0.6 is 11.8 Å². The molecule has 0 aliphatic carbocycles. The molecule has 0 aliphatic heterocycles. The molecule has 0 atom stereocenters. The summed E-state index contributed by atoms with van der Waals surface area (Å²) >= 11 is 1.28. The SMILES string of the molecule is COc1ccc(/C(C)=N\Nc2cc(C)cc(C)c2)cc1CSCC(=O)[O-]. The molecule has 138 valence electrons. The third-order valence-corrected chi connectivity index (χ3v) is 4.71. The van der Waals surface area contributed by atoms with E-state index in [0.29, 0.717) is 5.75 Å². The van der Waals surface area contributed by atoms with Gasteiger partial charge in [-0.3, -0.25) is 5.43 Å². The predicted octanol–water partition coefficient (Wildman–Crippen LogP) is 3.13. The van der Waals surface area contributed by atoms with Crippen molar-refractivity contribution in [3.63, 3.8) is 0 Å². The summed E-state index contributed by atoms with van der Waals surface area (Å²) in [4.78, 5) is 10.6. The van der Waals surface area contributed by atoms with Crippen molar-refractivity contribution in [2.45, 2.75) is 26.5 Å². The maximum absolute atomic E-state index is 10.6. The van der Waals surface area contributed by atoms with Gasteiger partial charge in [0.1, 0.15) is 5.75 Å². The number of carbonyl (C=O) groups is 1. The third kappa shape index (κ3) is 5.81. The van der Waals surface area contributed by atoms with Gasteiger partial charge in [0, 0.05) is 17.1 Å². The Kier molecular flexibility index (Phi) is 7.09. The number of carboxylic acids is 1. The van der Waals surface area contributed by atoms with E-state index in [1.807, 2.05) is 37.3 Å². The topological polar surface area (TPSA) is 73.8 Å². The number of carboxylic acid groups (broad SMARTS) is 1. The van der Waals surface area contributed by atoms with Gasteiger partial charge in [-0.15, -0.1) is 0 Å². The number of aliphatic carboxylic acids is 1. The Balaban J connectivity index is 2.16. The molecule has 0 saturated carbocycles. The molecular weight excluding hydrogens is 348 g/mol. The second kappa shape index (κ2) is 9.29. The van der Waals surface area contributed by atoms with Crippen molar-refractivity contribution in [3.8, 4) is 5.75 Å². The van der Waals surface area contributed by atoms with Crippen LogP contribution in [-0.2, 0) is 10.5 Å². The lowest BCUT2D eigenvalue weighted by Gasteiger charge is -2.11. The van der Waals surface area contributed by atoms with Crippen molar-refractivity contribution in [2.24, 2.45) is 5.10 Å². The van der Waals surface area contributed by atoms with Gasteiger partial charge in [-0.2, -0.15) is 16.9 Å². The summed E-state index contributed by atoms with van der Waals surface area (Å²) in [6.07, 6.45) is 0. The van der Waals surface area contributed by atoms with Crippen LogP contribution in [0.25, 0.3) is 0 Å². The van der Waals surface area contributed by atoms with Gasteiger partial charge in [0.05, 0.1) is 24.5 Å². The number of carbonyl (C=O) groups excluding carboxylic acids is 1. The minimum Gasteiger partial charge on any atom is -0.549 e. The summed E-state index contributed by atoms with van der Waals surface area (Å²) in [7, 11) is 1.60. The van der Waals surface area contributed by atoms with Crippen molar-refractivity contribution in [1.29, 1.82) is 0 Å². The molecule has 2 aromatic rings. The van der Waals surface area contributed by atoms with Crippen molar-refractivity contribution in [1.82, 2.24) is 0 Å². The normalized spacial score (nSPS) is 11.3. The minimum absolute atomic E-state index is 0.0469. The van der Waals surface area contributed by atoms with E-state index in [0.717, 1.165) is 28.3 Å². The number of rotatable bonds is 8. The standard InChI is InChI=1S/C20H24N2O3S/c1-13-7-14(2)9-18(8-13)22-21-15(3)16-5-6-19(25-4)17(10-16)11-26-12-20(23)24/h5-10,22H,11-12H2,1-4H3,(H,23,24)/p-1/b21-15-. The molecule has 6 heteroatoms. The van der Waals surface area contributed by atoms with E-state index in [1.165, 1.54) is 22.9 Å². The molecule has 0 aromatic heterocycles. The van der Waals surface area contributed by atoms with Crippen molar-refractivity contribution < 1.29 is 14.6 Å². The predicted molar refractivity (Wildman–Crippen MR) is 106 cm³/mol. The molecule has 0 spiro atoms. The molecule has 0 unspecified atom stereocenters. The molecule has 2 aromatic carbocycles. The molecular formula is C20H23N2O3S-. The van der Waals surface area contributed by atoms with Crippen LogP contribution in [-0.4, -0.2) is 24.5 Å². The maximum Gasteiger partial charge on any atom is 0.122 e. The Bertz CT molecular complexity index is 798. The molecule has 5 nitrogen and oxygen atoms in total. The smallest absolute Gasteiger partial charge is 0.122 e. The molecule has 0 amide bonds. The summed E-state index contributed by atoms with van der Waals surface area (Å²) in [6, 6.07) is 12.0. The van der Waals surface area contributed by atoms with Crippen LogP contribution in [0.2, 0.25) is 0 Å². The highest BCUT2D eigenvalue weighted by atomic mass is 32.2. The van der Waals surface area contributed by atoms with Crippen LogP contribution in [0.1, 0.15) is 29.2 Å². The van der Waals surface area contributed by atoms with Crippen LogP contribution < -0.4 is 15.3 Å².